The van der Waals surface area contributed by atoms with Crippen LogP contribution in [0.2, 0.25) is 5.02 Å². The van der Waals surface area contributed by atoms with E-state index >= 15 is 0 Å². The maximum atomic E-state index is 12.6. The third kappa shape index (κ3) is 2.36. The van der Waals surface area contributed by atoms with Gasteiger partial charge >= 0.3 is 0 Å². The number of alkyl halides is 1. The van der Waals surface area contributed by atoms with Gasteiger partial charge in [-0.15, -0.1) is 0 Å². The summed E-state index contributed by atoms with van der Waals surface area (Å²) >= 11 is 9.55. The van der Waals surface area contributed by atoms with E-state index in [0.29, 0.717) is 22.5 Å². The molecule has 2 heterocycles. The van der Waals surface area contributed by atoms with Gasteiger partial charge in [0.25, 0.3) is 5.91 Å². The summed E-state index contributed by atoms with van der Waals surface area (Å²) < 4.78 is 0. The largest absolute Gasteiger partial charge is 0.506 e. The molecule has 1 aromatic carbocycles. The molecule has 2 aliphatic heterocycles. The smallest absolute Gasteiger partial charge is 0.254 e. The molecule has 2 unspecified atom stereocenters. The number of nitrogens with zero attached hydrogens (tertiary/aromatic N) is 1. The van der Waals surface area contributed by atoms with Crippen molar-refractivity contribution in [2.24, 2.45) is 0 Å². The Hall–Kier alpha value is -0.740. The molecular weight excluding hydrogens is 330 g/mol. The summed E-state index contributed by atoms with van der Waals surface area (Å²) in [7, 11) is 0. The summed E-state index contributed by atoms with van der Waals surface area (Å²) in [5.74, 6) is 0.0501. The quantitative estimate of drug-likeness (QED) is 0.791. The summed E-state index contributed by atoms with van der Waals surface area (Å²) in [6.07, 6.45) is 4.22. The van der Waals surface area contributed by atoms with Crippen LogP contribution in [0, 0.1) is 0 Å². The molecule has 1 amide bonds. The Bertz CT molecular complexity index is 508. The van der Waals surface area contributed by atoms with Gasteiger partial charge in [0.1, 0.15) is 5.75 Å². The predicted molar refractivity (Wildman–Crippen MR) is 78.0 cm³/mol. The number of piperidine rings is 1. The van der Waals surface area contributed by atoms with Gasteiger partial charge in [-0.1, -0.05) is 27.5 Å². The SMILES string of the molecule is O=C(c1ccc(O)c(Cl)c1)N1C2CCC1CC(Br)C2. The molecule has 1 aromatic rings. The first-order valence-corrected chi connectivity index (χ1v) is 7.81. The first-order valence-electron chi connectivity index (χ1n) is 6.51. The molecule has 2 fully saturated rings. The molecule has 19 heavy (non-hydrogen) atoms. The minimum absolute atomic E-state index is 0.0142. The van der Waals surface area contributed by atoms with Crippen molar-refractivity contribution in [3.8, 4) is 5.75 Å². The van der Waals surface area contributed by atoms with E-state index in [2.05, 4.69) is 15.9 Å². The number of hydrogen-bond donors (Lipinski definition) is 1. The van der Waals surface area contributed by atoms with Crippen LogP contribution in [0.3, 0.4) is 0 Å². The van der Waals surface area contributed by atoms with Gasteiger partial charge in [0.05, 0.1) is 5.02 Å². The number of hydrogen-bond acceptors (Lipinski definition) is 2. The van der Waals surface area contributed by atoms with E-state index in [0.717, 1.165) is 25.7 Å². The topological polar surface area (TPSA) is 40.5 Å². The fraction of sp³-hybridized carbons (Fsp3) is 0.500. The van der Waals surface area contributed by atoms with Gasteiger partial charge in [0.2, 0.25) is 0 Å². The van der Waals surface area contributed by atoms with Crippen LogP contribution in [-0.4, -0.2) is 32.8 Å². The Morgan fingerprint density at radius 2 is 1.95 bits per heavy atom. The zero-order chi connectivity index (χ0) is 13.6. The molecule has 2 atom stereocenters. The minimum Gasteiger partial charge on any atom is -0.506 e. The highest BCUT2D eigenvalue weighted by Gasteiger charge is 2.42. The van der Waals surface area contributed by atoms with Gasteiger partial charge in [0.15, 0.2) is 0 Å². The van der Waals surface area contributed by atoms with Crippen molar-refractivity contribution in [3.63, 3.8) is 0 Å². The summed E-state index contributed by atoms with van der Waals surface area (Å²) in [4.78, 5) is 15.1. The fourth-order valence-electron chi connectivity index (χ4n) is 3.23. The molecule has 0 spiro atoms. The maximum absolute atomic E-state index is 12.6. The molecule has 3 rings (SSSR count). The first kappa shape index (κ1) is 13.3. The van der Waals surface area contributed by atoms with E-state index in [9.17, 15) is 9.90 Å². The molecule has 0 saturated carbocycles. The highest BCUT2D eigenvalue weighted by molar-refractivity contribution is 9.09. The standard InChI is InChI=1S/C14H15BrClNO2/c15-9-6-10-2-3-11(7-9)17(10)14(19)8-1-4-13(18)12(16)5-8/h1,4-5,9-11,18H,2-3,6-7H2. The van der Waals surface area contributed by atoms with Crippen molar-refractivity contribution in [3.05, 3.63) is 28.8 Å². The molecule has 0 aromatic heterocycles. The molecule has 2 bridgehead atoms. The zero-order valence-corrected chi connectivity index (χ0v) is 12.7. The van der Waals surface area contributed by atoms with E-state index in [1.807, 2.05) is 4.90 Å². The molecular formula is C14H15BrClNO2. The van der Waals surface area contributed by atoms with Crippen LogP contribution in [0.25, 0.3) is 0 Å². The van der Waals surface area contributed by atoms with Gasteiger partial charge in [-0.05, 0) is 43.9 Å². The van der Waals surface area contributed by atoms with E-state index in [4.69, 9.17) is 11.6 Å². The summed E-state index contributed by atoms with van der Waals surface area (Å²) in [6.45, 7) is 0. The number of fused-ring (bicyclic) bond motifs is 2. The Labute approximate surface area is 125 Å². The monoisotopic (exact) mass is 343 g/mol. The Morgan fingerprint density at radius 1 is 1.32 bits per heavy atom. The van der Waals surface area contributed by atoms with Crippen LogP contribution in [0.4, 0.5) is 0 Å². The number of carbonyl (C=O) groups is 1. The highest BCUT2D eigenvalue weighted by Crippen LogP contribution is 2.39. The van der Waals surface area contributed by atoms with Crippen molar-refractivity contribution < 1.29 is 9.90 Å². The Balaban J connectivity index is 1.86. The number of rotatable bonds is 1. The molecule has 1 N–H and O–H groups in total. The fourth-order valence-corrected chi connectivity index (χ4v) is 4.27. The summed E-state index contributed by atoms with van der Waals surface area (Å²) in [5.41, 5.74) is 0.563. The van der Waals surface area contributed by atoms with Crippen molar-refractivity contribution in [1.82, 2.24) is 4.90 Å². The average Bonchev–Trinajstić information content (AvgIpc) is 2.64. The first-order chi connectivity index (χ1) is 9.06. The zero-order valence-electron chi connectivity index (χ0n) is 10.4. The van der Waals surface area contributed by atoms with Crippen molar-refractivity contribution >= 4 is 33.4 Å². The number of carbonyl (C=O) groups excluding carboxylic acids is 1. The van der Waals surface area contributed by atoms with Crippen LogP contribution in [0.5, 0.6) is 5.75 Å². The van der Waals surface area contributed by atoms with Crippen LogP contribution in [0.15, 0.2) is 18.2 Å². The number of phenols is 1. The van der Waals surface area contributed by atoms with Gasteiger partial charge < -0.3 is 10.0 Å². The molecule has 0 aliphatic carbocycles. The Morgan fingerprint density at radius 3 is 2.53 bits per heavy atom. The van der Waals surface area contributed by atoms with Crippen molar-refractivity contribution in [1.29, 1.82) is 0 Å². The lowest BCUT2D eigenvalue weighted by Crippen LogP contribution is -2.46. The minimum atomic E-state index is 0.0142. The number of aromatic hydroxyl groups is 1. The molecule has 2 aliphatic rings. The summed E-state index contributed by atoms with van der Waals surface area (Å²) in [6, 6.07) is 5.35. The lowest BCUT2D eigenvalue weighted by Gasteiger charge is -2.37. The second kappa shape index (κ2) is 4.98. The molecule has 102 valence electrons. The lowest BCUT2D eigenvalue weighted by atomic mass is 10.0. The van der Waals surface area contributed by atoms with E-state index < -0.39 is 0 Å². The highest BCUT2D eigenvalue weighted by atomic mass is 79.9. The van der Waals surface area contributed by atoms with Crippen molar-refractivity contribution in [2.45, 2.75) is 42.6 Å². The summed E-state index contributed by atoms with van der Waals surface area (Å²) in [5, 5.41) is 9.65. The lowest BCUT2D eigenvalue weighted by molar-refractivity contribution is 0.0603. The third-order valence-corrected chi connectivity index (χ3v) is 5.16. The van der Waals surface area contributed by atoms with Gasteiger partial charge in [-0.2, -0.15) is 0 Å². The third-order valence-electron chi connectivity index (χ3n) is 4.10. The maximum Gasteiger partial charge on any atom is 0.254 e. The number of phenolic OH excluding ortho intramolecular Hbond substituents is 1. The number of halogens is 2. The number of benzene rings is 1. The second-order valence-electron chi connectivity index (χ2n) is 5.33. The van der Waals surface area contributed by atoms with E-state index in [1.54, 1.807) is 12.1 Å². The second-order valence-corrected chi connectivity index (χ2v) is 7.03. The molecule has 5 heteroatoms. The van der Waals surface area contributed by atoms with Gasteiger partial charge in [-0.3, -0.25) is 4.79 Å². The Kier molecular flexibility index (Phi) is 3.48. The van der Waals surface area contributed by atoms with Crippen molar-refractivity contribution in [2.75, 3.05) is 0 Å². The van der Waals surface area contributed by atoms with Crippen LogP contribution in [0.1, 0.15) is 36.0 Å². The van der Waals surface area contributed by atoms with Crippen LogP contribution >= 0.6 is 27.5 Å². The molecule has 0 radical (unpaired) electrons. The average molecular weight is 345 g/mol. The van der Waals surface area contributed by atoms with Gasteiger partial charge in [-0.25, -0.2) is 0 Å². The normalized spacial score (nSPS) is 29.6. The molecule has 2 saturated heterocycles. The molecule has 3 nitrogen and oxygen atoms in total. The van der Waals surface area contributed by atoms with Crippen LogP contribution < -0.4 is 0 Å². The predicted octanol–water partition coefficient (Wildman–Crippen LogP) is 3.58. The van der Waals surface area contributed by atoms with E-state index in [-0.39, 0.29) is 16.7 Å². The number of amides is 1. The van der Waals surface area contributed by atoms with Crippen LogP contribution in [-0.2, 0) is 0 Å². The van der Waals surface area contributed by atoms with Gasteiger partial charge in [0, 0.05) is 22.5 Å². The van der Waals surface area contributed by atoms with E-state index in [1.165, 1.54) is 6.07 Å².